The molecule has 37 heavy (non-hydrogen) atoms. The van der Waals surface area contributed by atoms with Gasteiger partial charge in [0.1, 0.15) is 0 Å². The van der Waals surface area contributed by atoms with Crippen LogP contribution in [0.25, 0.3) is 0 Å². The zero-order chi connectivity index (χ0) is 29.4. The first-order valence-corrected chi connectivity index (χ1v) is 16.0. The van der Waals surface area contributed by atoms with Gasteiger partial charge < -0.3 is 10.2 Å². The first kappa shape index (κ1) is 38.3. The van der Waals surface area contributed by atoms with Crippen LogP contribution < -0.4 is 0 Å². The summed E-state index contributed by atoms with van der Waals surface area (Å²) in [5.74, 6) is 3.80. The van der Waals surface area contributed by atoms with Gasteiger partial charge >= 0.3 is 0 Å². The average Bonchev–Trinajstić information content (AvgIpc) is 3.30. The molecule has 2 heteroatoms. The zero-order valence-corrected chi connectivity index (χ0v) is 27.6. The summed E-state index contributed by atoms with van der Waals surface area (Å²) in [5.41, 5.74) is 3.11. The predicted octanol–water partition coefficient (Wildman–Crippen LogP) is 10.6. The molecule has 0 spiro atoms. The van der Waals surface area contributed by atoms with Crippen LogP contribution in [-0.2, 0) is 0 Å². The van der Waals surface area contributed by atoms with Crippen molar-refractivity contribution in [3.8, 4) is 0 Å². The number of aliphatic hydroxyl groups is 2. The minimum absolute atomic E-state index is 0.0906. The largest absolute Gasteiger partial charge is 0.393 e. The van der Waals surface area contributed by atoms with Crippen molar-refractivity contribution in [2.24, 2.45) is 35.0 Å². The Morgan fingerprint density at radius 3 is 1.97 bits per heavy atom. The highest BCUT2D eigenvalue weighted by atomic mass is 16.3. The van der Waals surface area contributed by atoms with E-state index < -0.39 is 5.60 Å². The van der Waals surface area contributed by atoms with Gasteiger partial charge in [0.25, 0.3) is 0 Å². The summed E-state index contributed by atoms with van der Waals surface area (Å²) in [5, 5.41) is 19.3. The fraction of sp³-hybridized carbons (Fsp3) is 0.829. The normalized spacial score (nSPS) is 32.1. The Balaban J connectivity index is 0. The van der Waals surface area contributed by atoms with Gasteiger partial charge in [0.05, 0.1) is 11.7 Å². The first-order chi connectivity index (χ1) is 17.6. The average molecular weight is 521 g/mol. The van der Waals surface area contributed by atoms with Crippen molar-refractivity contribution in [1.29, 1.82) is 0 Å². The minimum atomic E-state index is -0.577. The van der Waals surface area contributed by atoms with Gasteiger partial charge in [-0.3, -0.25) is 0 Å². The SMILES string of the molecule is C/C=C/C(C)C(C)(C)O.CC.CC.CC.CC.CC1CCC2C3=CC=C4CC(O)CCC4(C)C3CCC12. The lowest BCUT2D eigenvalue weighted by Crippen LogP contribution is -2.42. The highest BCUT2D eigenvalue weighted by molar-refractivity contribution is 5.37. The molecule has 0 radical (unpaired) electrons. The summed E-state index contributed by atoms with van der Waals surface area (Å²) in [6, 6.07) is 0. The molecule has 4 aliphatic rings. The number of allylic oxidation sites excluding steroid dienone is 4. The van der Waals surface area contributed by atoms with E-state index in [0.29, 0.717) is 5.41 Å². The zero-order valence-electron chi connectivity index (χ0n) is 27.6. The fourth-order valence-corrected chi connectivity index (χ4v) is 6.47. The van der Waals surface area contributed by atoms with Crippen molar-refractivity contribution < 1.29 is 10.2 Å². The highest BCUT2D eigenvalue weighted by Crippen LogP contribution is 2.60. The molecule has 3 saturated carbocycles. The van der Waals surface area contributed by atoms with Crippen molar-refractivity contribution in [1.82, 2.24) is 0 Å². The molecule has 3 fully saturated rings. The maximum Gasteiger partial charge on any atom is 0.0651 e. The predicted molar refractivity (Wildman–Crippen MR) is 168 cm³/mol. The minimum Gasteiger partial charge on any atom is -0.393 e. The van der Waals surface area contributed by atoms with Crippen LogP contribution in [0.3, 0.4) is 0 Å². The molecule has 0 aromatic carbocycles. The fourth-order valence-electron chi connectivity index (χ4n) is 6.47. The molecule has 7 unspecified atom stereocenters. The van der Waals surface area contributed by atoms with Gasteiger partial charge in [-0.25, -0.2) is 0 Å². The summed E-state index contributed by atoms with van der Waals surface area (Å²) < 4.78 is 0. The Morgan fingerprint density at radius 2 is 1.49 bits per heavy atom. The number of fused-ring (bicyclic) bond motifs is 5. The van der Waals surface area contributed by atoms with Gasteiger partial charge in [-0.2, -0.15) is 0 Å². The lowest BCUT2D eigenvalue weighted by atomic mass is 9.53. The summed E-state index contributed by atoms with van der Waals surface area (Å²) in [7, 11) is 0. The summed E-state index contributed by atoms with van der Waals surface area (Å²) in [6.07, 6.45) is 17.5. The molecular formula is C35H68O2. The smallest absolute Gasteiger partial charge is 0.0651 e. The van der Waals surface area contributed by atoms with Crippen LogP contribution >= 0.6 is 0 Å². The van der Waals surface area contributed by atoms with E-state index in [2.05, 4.69) is 26.0 Å². The molecule has 0 saturated heterocycles. The maximum absolute atomic E-state index is 9.98. The molecule has 0 bridgehead atoms. The molecule has 0 heterocycles. The molecule has 2 N–H and O–H groups in total. The third kappa shape index (κ3) is 10.3. The van der Waals surface area contributed by atoms with Gasteiger partial charge in [0, 0.05) is 5.92 Å². The highest BCUT2D eigenvalue weighted by Gasteiger charge is 2.50. The third-order valence-corrected chi connectivity index (χ3v) is 8.83. The van der Waals surface area contributed by atoms with E-state index in [-0.39, 0.29) is 12.0 Å². The third-order valence-electron chi connectivity index (χ3n) is 8.83. The van der Waals surface area contributed by atoms with Crippen LogP contribution in [0.15, 0.2) is 35.5 Å². The Bertz CT molecular complexity index is 665. The number of aliphatic hydroxyl groups excluding tert-OH is 1. The van der Waals surface area contributed by atoms with Crippen LogP contribution in [0, 0.1) is 35.0 Å². The van der Waals surface area contributed by atoms with Crippen molar-refractivity contribution in [3.05, 3.63) is 35.5 Å². The van der Waals surface area contributed by atoms with Gasteiger partial charge in [-0.1, -0.05) is 112 Å². The van der Waals surface area contributed by atoms with E-state index in [1.165, 1.54) is 37.7 Å². The van der Waals surface area contributed by atoms with Gasteiger partial charge in [0.2, 0.25) is 0 Å². The second-order valence-corrected chi connectivity index (χ2v) is 11.1. The second-order valence-electron chi connectivity index (χ2n) is 11.1. The monoisotopic (exact) mass is 521 g/mol. The molecule has 4 aliphatic carbocycles. The van der Waals surface area contributed by atoms with E-state index in [1.807, 2.05) is 95.2 Å². The van der Waals surface area contributed by atoms with Crippen molar-refractivity contribution in [3.63, 3.8) is 0 Å². The molecule has 7 atom stereocenters. The van der Waals surface area contributed by atoms with E-state index >= 15 is 0 Å². The van der Waals surface area contributed by atoms with E-state index in [0.717, 1.165) is 36.5 Å². The number of hydrogen-bond acceptors (Lipinski definition) is 2. The lowest BCUT2D eigenvalue weighted by Gasteiger charge is -2.51. The quantitative estimate of drug-likeness (QED) is 0.355. The molecule has 0 aromatic rings. The second kappa shape index (κ2) is 19.2. The summed E-state index contributed by atoms with van der Waals surface area (Å²) in [4.78, 5) is 0. The molecule has 0 amide bonds. The summed E-state index contributed by atoms with van der Waals surface area (Å²) >= 11 is 0. The van der Waals surface area contributed by atoms with Crippen molar-refractivity contribution >= 4 is 0 Å². The van der Waals surface area contributed by atoms with E-state index in [1.54, 1.807) is 5.57 Å². The van der Waals surface area contributed by atoms with Crippen LogP contribution in [0.4, 0.5) is 0 Å². The van der Waals surface area contributed by atoms with Crippen LogP contribution in [0.2, 0.25) is 0 Å². The standard InChI is InChI=1S/C19H28O.C8H16O.4C2H6/c1-12-3-5-16-15(12)7-8-18-17(16)6-4-13-11-14(20)9-10-19(13,18)2;1-5-6-7(2)8(3,4)9;4*1-2/h4,6,12,14-16,18,20H,3,5,7-11H2,1-2H3;5-7,9H,1-4H3;4*1-2H3/b;6-5+;;;;. The van der Waals surface area contributed by atoms with Gasteiger partial charge in [-0.05, 0) is 94.8 Å². The molecule has 0 aromatic heterocycles. The molecular weight excluding hydrogens is 452 g/mol. The van der Waals surface area contributed by atoms with Crippen LogP contribution in [0.5, 0.6) is 0 Å². The maximum atomic E-state index is 9.98. The number of hydrogen-bond donors (Lipinski definition) is 2. The Kier molecular flexibility index (Phi) is 19.9. The first-order valence-electron chi connectivity index (χ1n) is 16.0. The Labute approximate surface area is 234 Å². The van der Waals surface area contributed by atoms with Crippen LogP contribution in [-0.4, -0.2) is 21.9 Å². The van der Waals surface area contributed by atoms with Gasteiger partial charge in [0.15, 0.2) is 0 Å². The van der Waals surface area contributed by atoms with Gasteiger partial charge in [-0.15, -0.1) is 0 Å². The van der Waals surface area contributed by atoms with Crippen molar-refractivity contribution in [2.75, 3.05) is 0 Å². The molecule has 4 rings (SSSR count). The lowest BCUT2D eigenvalue weighted by molar-refractivity contribution is 0.0440. The molecule has 0 aliphatic heterocycles. The Hall–Kier alpha value is -0.860. The Morgan fingerprint density at radius 1 is 0.919 bits per heavy atom. The number of rotatable bonds is 2. The van der Waals surface area contributed by atoms with E-state index in [9.17, 15) is 10.2 Å². The molecule has 2 nitrogen and oxygen atoms in total. The van der Waals surface area contributed by atoms with Crippen molar-refractivity contribution in [2.45, 2.75) is 154 Å². The topological polar surface area (TPSA) is 40.5 Å². The van der Waals surface area contributed by atoms with E-state index in [4.69, 9.17) is 0 Å². The molecule has 220 valence electrons. The van der Waals surface area contributed by atoms with Crippen LogP contribution in [0.1, 0.15) is 142 Å². The summed E-state index contributed by atoms with van der Waals surface area (Å²) in [6.45, 7) is 28.5.